The Morgan fingerprint density at radius 2 is 1.85 bits per heavy atom. The number of amides is 1. The lowest BCUT2D eigenvalue weighted by Gasteiger charge is -2.23. The van der Waals surface area contributed by atoms with Gasteiger partial charge >= 0.3 is 12.1 Å². The molecule has 0 aliphatic rings. The topological polar surface area (TPSA) is 75.6 Å². The molecule has 0 unspecified atom stereocenters. The lowest BCUT2D eigenvalue weighted by molar-refractivity contribution is -0.135. The summed E-state index contributed by atoms with van der Waals surface area (Å²) in [5, 5.41) is 11.6. The van der Waals surface area contributed by atoms with Crippen LogP contribution in [0.3, 0.4) is 0 Å². The lowest BCUT2D eigenvalue weighted by atomic mass is 9.86. The number of hydrogen-bond acceptors (Lipinski definition) is 3. The third-order valence-electron chi connectivity index (χ3n) is 2.45. The highest BCUT2D eigenvalue weighted by molar-refractivity contribution is 6.23. The van der Waals surface area contributed by atoms with E-state index in [4.69, 9.17) is 9.84 Å². The lowest BCUT2D eigenvalue weighted by Crippen LogP contribution is -2.38. The van der Waals surface area contributed by atoms with Gasteiger partial charge in [0.25, 0.3) is 0 Å². The van der Waals surface area contributed by atoms with Crippen LogP contribution < -0.4 is 5.32 Å². The highest BCUT2D eigenvalue weighted by Gasteiger charge is 2.19. The molecular formula is C14H26BNO4. The van der Waals surface area contributed by atoms with Crippen LogP contribution in [0, 0.1) is 5.92 Å². The molecule has 2 N–H and O–H groups in total. The zero-order valence-electron chi connectivity index (χ0n) is 13.3. The predicted octanol–water partition coefficient (Wildman–Crippen LogP) is 1.99. The monoisotopic (exact) mass is 283 g/mol. The van der Waals surface area contributed by atoms with E-state index in [9.17, 15) is 9.59 Å². The van der Waals surface area contributed by atoms with E-state index in [0.717, 1.165) is 6.42 Å². The van der Waals surface area contributed by atoms with E-state index in [-0.39, 0.29) is 6.04 Å². The smallest absolute Gasteiger partial charge is 0.408 e. The van der Waals surface area contributed by atoms with Crippen LogP contribution in [-0.4, -0.2) is 36.7 Å². The first kappa shape index (κ1) is 18.5. The van der Waals surface area contributed by atoms with Crippen molar-refractivity contribution in [1.29, 1.82) is 0 Å². The summed E-state index contributed by atoms with van der Waals surface area (Å²) in [5.41, 5.74) is -0.551. The molecule has 0 aromatic carbocycles. The second-order valence-electron chi connectivity index (χ2n) is 6.39. The third kappa shape index (κ3) is 9.47. The molecule has 0 aliphatic heterocycles. The van der Waals surface area contributed by atoms with Crippen LogP contribution in [0.15, 0.2) is 12.2 Å². The fourth-order valence-corrected chi connectivity index (χ4v) is 1.54. The van der Waals surface area contributed by atoms with Gasteiger partial charge in [0.15, 0.2) is 0 Å². The molecule has 0 heterocycles. The second-order valence-corrected chi connectivity index (χ2v) is 6.39. The SMILES string of the molecule is B[C@@H](/C=C/[C@H](CC(C)C)NC(=O)OC(C)(C)C)C(=O)O. The Morgan fingerprint density at radius 1 is 1.30 bits per heavy atom. The van der Waals surface area contributed by atoms with Gasteiger partial charge in [0.05, 0.1) is 6.04 Å². The van der Waals surface area contributed by atoms with Crippen molar-refractivity contribution in [1.82, 2.24) is 5.32 Å². The van der Waals surface area contributed by atoms with Crippen molar-refractivity contribution in [2.45, 2.75) is 58.5 Å². The van der Waals surface area contributed by atoms with Gasteiger partial charge in [0.2, 0.25) is 0 Å². The molecule has 0 saturated heterocycles. The Kier molecular flexibility index (Phi) is 7.39. The summed E-state index contributed by atoms with van der Waals surface area (Å²) < 4.78 is 5.20. The quantitative estimate of drug-likeness (QED) is 0.577. The fraction of sp³-hybridized carbons (Fsp3) is 0.714. The molecule has 0 aliphatic carbocycles. The minimum Gasteiger partial charge on any atom is -0.481 e. The van der Waals surface area contributed by atoms with Crippen LogP contribution in [0.25, 0.3) is 0 Å². The summed E-state index contributed by atoms with van der Waals surface area (Å²) in [5.74, 6) is -1.09. The summed E-state index contributed by atoms with van der Waals surface area (Å²) in [4.78, 5) is 22.5. The van der Waals surface area contributed by atoms with Gasteiger partial charge in [-0.1, -0.05) is 26.0 Å². The van der Waals surface area contributed by atoms with Crippen LogP contribution in [0.4, 0.5) is 4.79 Å². The average molecular weight is 283 g/mol. The van der Waals surface area contributed by atoms with Gasteiger partial charge in [0, 0.05) is 5.82 Å². The summed E-state index contributed by atoms with van der Waals surface area (Å²) >= 11 is 0. The number of rotatable bonds is 6. The number of carbonyl (C=O) groups excluding carboxylic acids is 1. The molecule has 2 atom stereocenters. The Labute approximate surface area is 122 Å². The van der Waals surface area contributed by atoms with Crippen molar-refractivity contribution in [3.8, 4) is 0 Å². The molecule has 0 aromatic heterocycles. The number of aliphatic carboxylic acids is 1. The van der Waals surface area contributed by atoms with Crippen molar-refractivity contribution in [3.05, 3.63) is 12.2 Å². The van der Waals surface area contributed by atoms with Crippen LogP contribution in [0.5, 0.6) is 0 Å². The van der Waals surface area contributed by atoms with Crippen molar-refractivity contribution in [2.75, 3.05) is 0 Å². The van der Waals surface area contributed by atoms with Gasteiger partial charge in [0.1, 0.15) is 13.4 Å². The van der Waals surface area contributed by atoms with Crippen molar-refractivity contribution >= 4 is 19.9 Å². The van der Waals surface area contributed by atoms with Gasteiger partial charge < -0.3 is 15.2 Å². The summed E-state index contributed by atoms with van der Waals surface area (Å²) in [7, 11) is 1.60. The molecular weight excluding hydrogens is 257 g/mol. The number of carboxylic acids is 1. The molecule has 1 amide bonds. The maximum atomic E-state index is 11.7. The third-order valence-corrected chi connectivity index (χ3v) is 2.45. The number of ether oxygens (including phenoxy) is 1. The Bertz CT molecular complexity index is 361. The molecule has 114 valence electrons. The largest absolute Gasteiger partial charge is 0.481 e. The van der Waals surface area contributed by atoms with E-state index >= 15 is 0 Å². The molecule has 20 heavy (non-hydrogen) atoms. The molecule has 0 fully saturated rings. The van der Waals surface area contributed by atoms with Gasteiger partial charge in [-0.3, -0.25) is 4.79 Å². The Hall–Kier alpha value is -1.46. The summed E-state index contributed by atoms with van der Waals surface area (Å²) in [6, 6.07) is -0.230. The molecule has 0 spiro atoms. The van der Waals surface area contributed by atoms with Crippen LogP contribution in [0.2, 0.25) is 5.82 Å². The van der Waals surface area contributed by atoms with E-state index < -0.39 is 23.5 Å². The average Bonchev–Trinajstić information content (AvgIpc) is 2.21. The first-order valence-corrected chi connectivity index (χ1v) is 6.92. The van der Waals surface area contributed by atoms with E-state index in [1.165, 1.54) is 0 Å². The van der Waals surface area contributed by atoms with Gasteiger partial charge in [-0.15, -0.1) is 0 Å². The Morgan fingerprint density at radius 3 is 2.25 bits per heavy atom. The summed E-state index contributed by atoms with van der Waals surface area (Å²) in [6.45, 7) is 9.47. The standard InChI is InChI=1S/C14H26BNO4/c1-9(2)8-10(6-7-11(15)12(17)18)16-13(19)20-14(3,4)5/h6-7,9-11H,8,15H2,1-5H3,(H,16,19)(H,17,18)/b7-6+/t10-,11+/m1/s1. The normalized spacial score (nSPS) is 15.1. The first-order chi connectivity index (χ1) is 9.01. The van der Waals surface area contributed by atoms with Crippen LogP contribution in [-0.2, 0) is 9.53 Å². The maximum absolute atomic E-state index is 11.7. The van der Waals surface area contributed by atoms with Gasteiger partial charge in [-0.25, -0.2) is 4.79 Å². The molecule has 6 heteroatoms. The number of carbonyl (C=O) groups is 2. The van der Waals surface area contributed by atoms with Crippen molar-refractivity contribution in [3.63, 3.8) is 0 Å². The number of alkyl carbamates (subject to hydrolysis) is 1. The van der Waals surface area contributed by atoms with Crippen LogP contribution in [0.1, 0.15) is 41.0 Å². The Balaban J connectivity index is 4.65. The maximum Gasteiger partial charge on any atom is 0.408 e. The number of carboxylic acid groups (broad SMARTS) is 1. The van der Waals surface area contributed by atoms with E-state index in [2.05, 4.69) is 5.32 Å². The second kappa shape index (κ2) is 7.97. The fourth-order valence-electron chi connectivity index (χ4n) is 1.54. The minimum absolute atomic E-state index is 0.230. The van der Waals surface area contributed by atoms with E-state index in [1.54, 1.807) is 40.8 Å². The minimum atomic E-state index is -0.887. The van der Waals surface area contributed by atoms with Crippen LogP contribution >= 0.6 is 0 Å². The molecule has 5 nitrogen and oxygen atoms in total. The molecule has 0 aromatic rings. The molecule has 0 radical (unpaired) electrons. The molecule has 0 saturated carbocycles. The highest BCUT2D eigenvalue weighted by atomic mass is 16.6. The van der Waals surface area contributed by atoms with Crippen molar-refractivity contribution in [2.24, 2.45) is 5.92 Å². The van der Waals surface area contributed by atoms with Gasteiger partial charge in [-0.2, -0.15) is 0 Å². The van der Waals surface area contributed by atoms with E-state index in [0.29, 0.717) is 5.92 Å². The van der Waals surface area contributed by atoms with Gasteiger partial charge in [-0.05, 0) is 33.1 Å². The molecule has 0 bridgehead atoms. The first-order valence-electron chi connectivity index (χ1n) is 6.92. The van der Waals surface area contributed by atoms with E-state index in [1.807, 2.05) is 13.8 Å². The number of nitrogens with one attached hydrogen (secondary N) is 1. The zero-order valence-corrected chi connectivity index (χ0v) is 13.3. The number of hydrogen-bond donors (Lipinski definition) is 2. The molecule has 0 rings (SSSR count). The van der Waals surface area contributed by atoms with Crippen molar-refractivity contribution < 1.29 is 19.4 Å². The predicted molar refractivity (Wildman–Crippen MR) is 81.7 cm³/mol. The zero-order chi connectivity index (χ0) is 15.9. The summed E-state index contributed by atoms with van der Waals surface area (Å²) in [6.07, 6.45) is 3.55. The highest BCUT2D eigenvalue weighted by Crippen LogP contribution is 2.11.